The summed E-state index contributed by atoms with van der Waals surface area (Å²) >= 11 is 0. The molecule has 0 spiro atoms. The molecule has 0 saturated carbocycles. The number of aromatic nitrogens is 3. The highest BCUT2D eigenvalue weighted by Crippen LogP contribution is 2.36. The van der Waals surface area contributed by atoms with E-state index >= 15 is 0 Å². The minimum Gasteiger partial charge on any atom is -0.384 e. The van der Waals surface area contributed by atoms with Crippen molar-refractivity contribution >= 4 is 17.5 Å². The molecular weight excluding hydrogens is 340 g/mol. The van der Waals surface area contributed by atoms with Crippen molar-refractivity contribution in [2.75, 3.05) is 17.6 Å². The smallest absolute Gasteiger partial charge is 0.322 e. The number of likely N-dealkylation sites (tertiary alicyclic amines) is 1. The van der Waals surface area contributed by atoms with Gasteiger partial charge in [-0.2, -0.15) is 5.10 Å². The van der Waals surface area contributed by atoms with E-state index in [1.54, 1.807) is 12.4 Å². The number of hydrogen-bond acceptors (Lipinski definition) is 4. The van der Waals surface area contributed by atoms with E-state index in [1.807, 2.05) is 47.4 Å². The summed E-state index contributed by atoms with van der Waals surface area (Å²) in [6.45, 7) is 0.709. The van der Waals surface area contributed by atoms with Crippen LogP contribution in [0.5, 0.6) is 0 Å². The molecule has 1 fully saturated rings. The number of nitrogens with two attached hydrogens (primary N) is 1. The van der Waals surface area contributed by atoms with Crippen LogP contribution >= 0.6 is 0 Å². The fraction of sp³-hybridized carbons (Fsp3) is 0.250. The van der Waals surface area contributed by atoms with Crippen LogP contribution in [0, 0.1) is 0 Å². The molecule has 1 unspecified atom stereocenters. The van der Waals surface area contributed by atoms with Gasteiger partial charge in [0.1, 0.15) is 5.82 Å². The molecule has 1 aliphatic heterocycles. The van der Waals surface area contributed by atoms with Gasteiger partial charge in [0.15, 0.2) is 0 Å². The number of amides is 2. The minimum atomic E-state index is -0.0966. The van der Waals surface area contributed by atoms with Crippen LogP contribution in [0.4, 0.5) is 16.3 Å². The van der Waals surface area contributed by atoms with Gasteiger partial charge in [-0.3, -0.25) is 5.10 Å². The third-order valence-electron chi connectivity index (χ3n) is 4.88. The first-order chi connectivity index (χ1) is 13.2. The monoisotopic (exact) mass is 362 g/mol. The SMILES string of the molecule is Nc1cc(-c2cn[nH]c2C2CCCCN2C(=O)Nc2ccccc2)ccn1. The number of pyridine rings is 1. The summed E-state index contributed by atoms with van der Waals surface area (Å²) in [7, 11) is 0. The maximum absolute atomic E-state index is 12.9. The molecule has 1 saturated heterocycles. The zero-order valence-electron chi connectivity index (χ0n) is 14.9. The zero-order chi connectivity index (χ0) is 18.6. The topological polar surface area (TPSA) is 99.9 Å². The number of para-hydroxylation sites is 1. The van der Waals surface area contributed by atoms with Gasteiger partial charge in [-0.05, 0) is 49.1 Å². The summed E-state index contributed by atoms with van der Waals surface area (Å²) in [6.07, 6.45) is 6.41. The second kappa shape index (κ2) is 7.49. The Bertz CT molecular complexity index is 923. The number of hydrogen-bond donors (Lipinski definition) is 3. The van der Waals surface area contributed by atoms with Crippen LogP contribution in [0.15, 0.2) is 54.9 Å². The van der Waals surface area contributed by atoms with E-state index in [2.05, 4.69) is 20.5 Å². The van der Waals surface area contributed by atoms with E-state index in [1.165, 1.54) is 0 Å². The lowest BCUT2D eigenvalue weighted by molar-refractivity contribution is 0.162. The molecule has 27 heavy (non-hydrogen) atoms. The molecule has 7 heteroatoms. The number of nitrogens with zero attached hydrogens (tertiary/aromatic N) is 3. The Hall–Kier alpha value is -3.35. The molecule has 1 aromatic carbocycles. The van der Waals surface area contributed by atoms with Gasteiger partial charge >= 0.3 is 6.03 Å². The quantitative estimate of drug-likeness (QED) is 0.659. The second-order valence-corrected chi connectivity index (χ2v) is 6.67. The van der Waals surface area contributed by atoms with Crippen LogP contribution in [-0.2, 0) is 0 Å². The number of nitrogens with one attached hydrogen (secondary N) is 2. The molecule has 4 rings (SSSR count). The largest absolute Gasteiger partial charge is 0.384 e. The Balaban J connectivity index is 1.62. The van der Waals surface area contributed by atoms with Crippen LogP contribution in [0.25, 0.3) is 11.1 Å². The van der Waals surface area contributed by atoms with Gasteiger partial charge in [-0.1, -0.05) is 18.2 Å². The zero-order valence-corrected chi connectivity index (χ0v) is 14.9. The standard InChI is InChI=1S/C20H22N6O/c21-18-12-14(9-10-22-18)16-13-23-25-19(16)17-8-4-5-11-26(17)20(27)24-15-6-2-1-3-7-15/h1-3,6-7,9-10,12-13,17H,4-5,8,11H2,(H2,21,22)(H,23,25)(H,24,27). The van der Waals surface area contributed by atoms with Gasteiger partial charge in [0, 0.05) is 24.0 Å². The van der Waals surface area contributed by atoms with E-state index in [4.69, 9.17) is 5.73 Å². The number of benzene rings is 1. The van der Waals surface area contributed by atoms with Crippen molar-refractivity contribution in [1.29, 1.82) is 0 Å². The van der Waals surface area contributed by atoms with Crippen molar-refractivity contribution in [1.82, 2.24) is 20.1 Å². The number of anilines is 2. The van der Waals surface area contributed by atoms with E-state index in [-0.39, 0.29) is 12.1 Å². The van der Waals surface area contributed by atoms with Crippen LogP contribution in [0.3, 0.4) is 0 Å². The molecule has 138 valence electrons. The Kier molecular flexibility index (Phi) is 4.74. The Morgan fingerprint density at radius 2 is 2.07 bits per heavy atom. The predicted molar refractivity (Wildman–Crippen MR) is 105 cm³/mol. The molecule has 2 amide bonds. The lowest BCUT2D eigenvalue weighted by Gasteiger charge is -2.35. The lowest BCUT2D eigenvalue weighted by Crippen LogP contribution is -2.41. The lowest BCUT2D eigenvalue weighted by atomic mass is 9.95. The first kappa shape index (κ1) is 17.1. The number of carbonyl (C=O) groups is 1. The van der Waals surface area contributed by atoms with E-state index in [9.17, 15) is 4.79 Å². The van der Waals surface area contributed by atoms with Gasteiger partial charge in [0.2, 0.25) is 0 Å². The number of nitrogen functional groups attached to an aromatic ring is 1. The molecule has 7 nitrogen and oxygen atoms in total. The minimum absolute atomic E-state index is 0.0608. The molecule has 3 aromatic rings. The number of piperidine rings is 1. The predicted octanol–water partition coefficient (Wildman–Crippen LogP) is 3.81. The van der Waals surface area contributed by atoms with Crippen molar-refractivity contribution < 1.29 is 4.79 Å². The third kappa shape index (κ3) is 3.62. The average molecular weight is 362 g/mol. The van der Waals surface area contributed by atoms with Gasteiger partial charge in [-0.25, -0.2) is 9.78 Å². The van der Waals surface area contributed by atoms with Gasteiger partial charge < -0.3 is 16.0 Å². The van der Waals surface area contributed by atoms with Crippen molar-refractivity contribution in [2.24, 2.45) is 0 Å². The van der Waals surface area contributed by atoms with Crippen molar-refractivity contribution in [3.63, 3.8) is 0 Å². The summed E-state index contributed by atoms with van der Waals surface area (Å²) in [6, 6.07) is 13.1. The molecule has 1 aliphatic rings. The Morgan fingerprint density at radius 1 is 1.22 bits per heavy atom. The van der Waals surface area contributed by atoms with Crippen LogP contribution < -0.4 is 11.1 Å². The molecule has 0 aliphatic carbocycles. The molecule has 0 bridgehead atoms. The van der Waals surface area contributed by atoms with Gasteiger partial charge in [0.25, 0.3) is 0 Å². The van der Waals surface area contributed by atoms with Crippen LogP contribution in [-0.4, -0.2) is 32.7 Å². The van der Waals surface area contributed by atoms with Crippen LogP contribution in [0.1, 0.15) is 31.0 Å². The first-order valence-electron chi connectivity index (χ1n) is 9.10. The summed E-state index contributed by atoms with van der Waals surface area (Å²) in [5.74, 6) is 0.460. The van der Waals surface area contributed by atoms with Crippen molar-refractivity contribution in [2.45, 2.75) is 25.3 Å². The molecule has 0 radical (unpaired) electrons. The highest BCUT2D eigenvalue weighted by molar-refractivity contribution is 5.89. The number of aromatic amines is 1. The number of urea groups is 1. The maximum atomic E-state index is 12.9. The molecule has 2 aromatic heterocycles. The van der Waals surface area contributed by atoms with E-state index in [0.29, 0.717) is 12.4 Å². The van der Waals surface area contributed by atoms with Crippen LogP contribution in [0.2, 0.25) is 0 Å². The normalized spacial score (nSPS) is 16.9. The Morgan fingerprint density at radius 3 is 2.89 bits per heavy atom. The fourth-order valence-electron chi connectivity index (χ4n) is 3.59. The summed E-state index contributed by atoms with van der Waals surface area (Å²) in [5, 5.41) is 10.3. The van der Waals surface area contributed by atoms with Gasteiger partial charge in [-0.15, -0.1) is 0 Å². The highest BCUT2D eigenvalue weighted by atomic mass is 16.2. The molecule has 4 N–H and O–H groups in total. The van der Waals surface area contributed by atoms with Crippen molar-refractivity contribution in [3.05, 3.63) is 60.6 Å². The maximum Gasteiger partial charge on any atom is 0.322 e. The Labute approximate surface area is 157 Å². The number of H-pyrrole nitrogens is 1. The van der Waals surface area contributed by atoms with Crippen molar-refractivity contribution in [3.8, 4) is 11.1 Å². The first-order valence-corrected chi connectivity index (χ1v) is 9.10. The number of carbonyl (C=O) groups excluding carboxylic acids is 1. The summed E-state index contributed by atoms with van der Waals surface area (Å²) < 4.78 is 0. The molecule has 3 heterocycles. The average Bonchev–Trinajstić information content (AvgIpc) is 3.18. The summed E-state index contributed by atoms with van der Waals surface area (Å²) in [4.78, 5) is 18.9. The number of rotatable bonds is 3. The van der Waals surface area contributed by atoms with Gasteiger partial charge in [0.05, 0.1) is 17.9 Å². The summed E-state index contributed by atoms with van der Waals surface area (Å²) in [5.41, 5.74) is 9.46. The third-order valence-corrected chi connectivity index (χ3v) is 4.88. The molecule has 1 atom stereocenters. The van der Waals surface area contributed by atoms with E-state index in [0.717, 1.165) is 41.8 Å². The fourth-order valence-corrected chi connectivity index (χ4v) is 3.59. The van der Waals surface area contributed by atoms with E-state index < -0.39 is 0 Å². The highest BCUT2D eigenvalue weighted by Gasteiger charge is 2.31. The second-order valence-electron chi connectivity index (χ2n) is 6.67. The molecular formula is C20H22N6O.